The molecule has 23 heavy (non-hydrogen) atoms. The summed E-state index contributed by atoms with van der Waals surface area (Å²) in [7, 11) is 1.32. The average Bonchev–Trinajstić information content (AvgIpc) is 2.95. The first kappa shape index (κ1) is 19.2. The molecule has 0 aromatic carbocycles. The first-order valence-corrected chi connectivity index (χ1v) is 7.92. The van der Waals surface area contributed by atoms with E-state index in [9.17, 15) is 14.4 Å². The van der Waals surface area contributed by atoms with Crippen molar-refractivity contribution in [2.45, 2.75) is 45.2 Å². The van der Waals surface area contributed by atoms with Crippen LogP contribution < -0.4 is 10.6 Å². The fraction of sp³-hybridized carbons (Fsp3) is 0.800. The fourth-order valence-corrected chi connectivity index (χ4v) is 2.75. The number of carbonyl (C=O) groups is 3. The zero-order valence-corrected chi connectivity index (χ0v) is 14.0. The van der Waals surface area contributed by atoms with Crippen molar-refractivity contribution in [3.05, 3.63) is 0 Å². The highest BCUT2D eigenvalue weighted by Gasteiger charge is 2.34. The Bertz CT molecular complexity index is 427. The van der Waals surface area contributed by atoms with Crippen LogP contribution in [0, 0.1) is 5.92 Å². The van der Waals surface area contributed by atoms with Crippen LogP contribution in [0.2, 0.25) is 0 Å². The molecule has 1 aliphatic heterocycles. The smallest absolute Gasteiger partial charge is 0.407 e. The number of hydrogen-bond donors (Lipinski definition) is 3. The second kappa shape index (κ2) is 9.34. The molecule has 132 valence electrons. The Morgan fingerprint density at radius 2 is 2.04 bits per heavy atom. The zero-order valence-electron chi connectivity index (χ0n) is 14.0. The van der Waals surface area contributed by atoms with E-state index in [1.165, 1.54) is 12.0 Å². The highest BCUT2D eigenvalue weighted by atomic mass is 16.5. The van der Waals surface area contributed by atoms with Gasteiger partial charge in [0.05, 0.1) is 13.7 Å². The molecule has 0 aromatic rings. The first-order valence-electron chi connectivity index (χ1n) is 7.92. The maximum atomic E-state index is 12.4. The van der Waals surface area contributed by atoms with Crippen molar-refractivity contribution < 1.29 is 24.2 Å². The van der Waals surface area contributed by atoms with E-state index in [2.05, 4.69) is 15.4 Å². The summed E-state index contributed by atoms with van der Waals surface area (Å²) < 4.78 is 4.56. The monoisotopic (exact) mass is 329 g/mol. The number of methoxy groups -OCH3 is 1. The lowest BCUT2D eigenvalue weighted by Gasteiger charge is -2.26. The number of nitrogens with one attached hydrogen (secondary N) is 2. The van der Waals surface area contributed by atoms with Crippen LogP contribution in [0.1, 0.15) is 33.1 Å². The molecule has 1 aliphatic rings. The van der Waals surface area contributed by atoms with Gasteiger partial charge in [0.15, 0.2) is 0 Å². The lowest BCUT2D eigenvalue weighted by Crippen LogP contribution is -2.51. The van der Waals surface area contributed by atoms with E-state index in [0.717, 1.165) is 6.42 Å². The Kier molecular flexibility index (Phi) is 7.80. The van der Waals surface area contributed by atoms with Gasteiger partial charge in [0, 0.05) is 19.1 Å². The topological polar surface area (TPSA) is 108 Å². The van der Waals surface area contributed by atoms with Gasteiger partial charge >= 0.3 is 12.1 Å². The number of likely N-dealkylation sites (tertiary alicyclic amines) is 1. The normalized spacial score (nSPS) is 18.8. The van der Waals surface area contributed by atoms with Crippen molar-refractivity contribution in [2.75, 3.05) is 26.7 Å². The quantitative estimate of drug-likeness (QED) is 0.557. The van der Waals surface area contributed by atoms with Gasteiger partial charge in [0.2, 0.25) is 5.91 Å². The second-order valence-corrected chi connectivity index (χ2v) is 6.18. The Hall–Kier alpha value is -1.83. The molecule has 0 aliphatic carbocycles. The van der Waals surface area contributed by atoms with Gasteiger partial charge in [0.1, 0.15) is 6.04 Å². The Labute approximate surface area is 136 Å². The van der Waals surface area contributed by atoms with E-state index >= 15 is 0 Å². The standard InChI is InChI=1S/C15H27N3O5/c1-10(2)7-11(8-16-9-13(19)23-3)17-14(20)12-5-4-6-18(12)15(21)22/h10-12,16H,4-9H2,1-3H3,(H,17,20)(H,21,22). The number of nitrogens with zero attached hydrogens (tertiary/aromatic N) is 1. The minimum atomic E-state index is -1.06. The molecule has 3 N–H and O–H groups in total. The van der Waals surface area contributed by atoms with Gasteiger partial charge in [-0.15, -0.1) is 0 Å². The maximum absolute atomic E-state index is 12.4. The first-order chi connectivity index (χ1) is 10.8. The summed E-state index contributed by atoms with van der Waals surface area (Å²) in [5, 5.41) is 15.0. The third-order valence-corrected chi connectivity index (χ3v) is 3.79. The molecule has 1 heterocycles. The Morgan fingerprint density at radius 3 is 2.61 bits per heavy atom. The van der Waals surface area contributed by atoms with Crippen LogP contribution in [-0.4, -0.2) is 66.8 Å². The highest BCUT2D eigenvalue weighted by molar-refractivity contribution is 5.86. The van der Waals surface area contributed by atoms with Crippen LogP contribution in [0.4, 0.5) is 4.79 Å². The summed E-state index contributed by atoms with van der Waals surface area (Å²) in [4.78, 5) is 35.8. The molecular weight excluding hydrogens is 302 g/mol. The van der Waals surface area contributed by atoms with Crippen molar-refractivity contribution >= 4 is 18.0 Å². The second-order valence-electron chi connectivity index (χ2n) is 6.18. The van der Waals surface area contributed by atoms with E-state index in [1.807, 2.05) is 13.8 Å². The molecule has 0 bridgehead atoms. The molecule has 0 saturated carbocycles. The van der Waals surface area contributed by atoms with E-state index in [1.54, 1.807) is 0 Å². The predicted molar refractivity (Wildman–Crippen MR) is 84.0 cm³/mol. The van der Waals surface area contributed by atoms with Crippen molar-refractivity contribution in [1.82, 2.24) is 15.5 Å². The third kappa shape index (κ3) is 6.43. The molecule has 0 spiro atoms. The van der Waals surface area contributed by atoms with E-state index in [4.69, 9.17) is 5.11 Å². The molecule has 8 heteroatoms. The molecule has 8 nitrogen and oxygen atoms in total. The summed E-state index contributed by atoms with van der Waals surface area (Å²) >= 11 is 0. The fourth-order valence-electron chi connectivity index (χ4n) is 2.75. The number of carboxylic acid groups (broad SMARTS) is 1. The number of esters is 1. The van der Waals surface area contributed by atoms with Gasteiger partial charge in [-0.25, -0.2) is 4.79 Å². The summed E-state index contributed by atoms with van der Waals surface area (Å²) in [5.41, 5.74) is 0. The molecule has 1 saturated heterocycles. The Balaban J connectivity index is 2.56. The van der Waals surface area contributed by atoms with Gasteiger partial charge in [-0.1, -0.05) is 13.8 Å². The number of carbonyl (C=O) groups excluding carboxylic acids is 2. The van der Waals surface area contributed by atoms with Gasteiger partial charge in [-0.05, 0) is 25.2 Å². The average molecular weight is 329 g/mol. The van der Waals surface area contributed by atoms with Gasteiger partial charge in [-0.3, -0.25) is 14.5 Å². The summed E-state index contributed by atoms with van der Waals surface area (Å²) in [6.45, 7) is 4.98. The molecule has 1 fully saturated rings. The van der Waals surface area contributed by atoms with Crippen molar-refractivity contribution in [3.63, 3.8) is 0 Å². The third-order valence-electron chi connectivity index (χ3n) is 3.79. The largest absolute Gasteiger partial charge is 0.468 e. The van der Waals surface area contributed by atoms with Crippen LogP contribution >= 0.6 is 0 Å². The van der Waals surface area contributed by atoms with E-state index < -0.39 is 12.1 Å². The zero-order chi connectivity index (χ0) is 17.4. The highest BCUT2D eigenvalue weighted by Crippen LogP contribution is 2.18. The predicted octanol–water partition coefficient (Wildman–Crippen LogP) is 0.422. The Morgan fingerprint density at radius 1 is 1.35 bits per heavy atom. The number of rotatable bonds is 8. The maximum Gasteiger partial charge on any atom is 0.407 e. The molecule has 2 atom stereocenters. The van der Waals surface area contributed by atoms with Crippen molar-refractivity contribution in [2.24, 2.45) is 5.92 Å². The molecule has 0 radical (unpaired) electrons. The van der Waals surface area contributed by atoms with Crippen LogP contribution in [0.15, 0.2) is 0 Å². The van der Waals surface area contributed by atoms with Gasteiger partial charge in [0.25, 0.3) is 0 Å². The van der Waals surface area contributed by atoms with E-state index in [-0.39, 0.29) is 24.5 Å². The molecule has 1 rings (SSSR count). The van der Waals surface area contributed by atoms with Crippen molar-refractivity contribution in [3.8, 4) is 0 Å². The SMILES string of the molecule is COC(=O)CNCC(CC(C)C)NC(=O)C1CCCN1C(=O)O. The van der Waals surface area contributed by atoms with Crippen LogP contribution in [0.3, 0.4) is 0 Å². The van der Waals surface area contributed by atoms with Gasteiger partial charge in [-0.2, -0.15) is 0 Å². The summed E-state index contributed by atoms with van der Waals surface area (Å²) in [6.07, 6.45) is 0.911. The number of amides is 2. The molecule has 2 amide bonds. The molecule has 0 aromatic heterocycles. The van der Waals surface area contributed by atoms with Crippen LogP contribution in [0.5, 0.6) is 0 Å². The molecular formula is C15H27N3O5. The van der Waals surface area contributed by atoms with Crippen molar-refractivity contribution in [1.29, 1.82) is 0 Å². The number of hydrogen-bond acceptors (Lipinski definition) is 5. The lowest BCUT2D eigenvalue weighted by atomic mass is 10.0. The minimum Gasteiger partial charge on any atom is -0.468 e. The molecule has 2 unspecified atom stereocenters. The summed E-state index contributed by atoms with van der Waals surface area (Å²) in [5.74, 6) is -0.276. The lowest BCUT2D eigenvalue weighted by molar-refractivity contribution is -0.139. The van der Waals surface area contributed by atoms with Gasteiger partial charge < -0.3 is 20.5 Å². The minimum absolute atomic E-state index is 0.0750. The van der Waals surface area contributed by atoms with Crippen LogP contribution in [0.25, 0.3) is 0 Å². The number of ether oxygens (including phenoxy) is 1. The van der Waals surface area contributed by atoms with Crippen LogP contribution in [-0.2, 0) is 14.3 Å². The summed E-state index contributed by atoms with van der Waals surface area (Å²) in [6, 6.07) is -0.786. The van der Waals surface area contributed by atoms with E-state index in [0.29, 0.717) is 31.8 Å².